The summed E-state index contributed by atoms with van der Waals surface area (Å²) < 4.78 is 26.9. The van der Waals surface area contributed by atoms with Gasteiger partial charge in [-0.15, -0.1) is 0 Å². The van der Waals surface area contributed by atoms with Gasteiger partial charge in [0.25, 0.3) is 0 Å². The molecule has 13 heavy (non-hydrogen) atoms. The highest BCUT2D eigenvalue weighted by Gasteiger charge is 2.13. The molecule has 0 aliphatic rings. The molecule has 72 valence electrons. The Morgan fingerprint density at radius 1 is 1.31 bits per heavy atom. The van der Waals surface area contributed by atoms with Gasteiger partial charge in [0, 0.05) is 0 Å². The first-order valence-electron chi connectivity index (χ1n) is 3.50. The molecule has 1 aromatic rings. The van der Waals surface area contributed by atoms with E-state index in [2.05, 4.69) is 0 Å². The summed E-state index contributed by atoms with van der Waals surface area (Å²) in [5.74, 6) is 0.174. The molecule has 0 amide bonds. The second-order valence-corrected chi connectivity index (χ2v) is 3.83. The van der Waals surface area contributed by atoms with E-state index in [-0.39, 0.29) is 17.4 Å². The predicted octanol–water partition coefficient (Wildman–Crippen LogP) is -0.371. The van der Waals surface area contributed by atoms with E-state index in [0.717, 1.165) is 0 Å². The molecule has 0 saturated heterocycles. The highest BCUT2D eigenvalue weighted by molar-refractivity contribution is 7.89. The molecule has 1 aromatic carbocycles. The third kappa shape index (κ3) is 2.41. The van der Waals surface area contributed by atoms with Crippen molar-refractivity contribution in [1.82, 2.24) is 0 Å². The van der Waals surface area contributed by atoms with Gasteiger partial charge in [0.1, 0.15) is 17.4 Å². The van der Waals surface area contributed by atoms with Crippen LogP contribution < -0.4 is 15.6 Å². The van der Waals surface area contributed by atoms with Gasteiger partial charge < -0.3 is 4.74 Å². The Hall–Kier alpha value is -1.11. The summed E-state index contributed by atoms with van der Waals surface area (Å²) in [4.78, 5) is -0.0551. The lowest BCUT2D eigenvalue weighted by Crippen LogP contribution is -2.15. The molecule has 0 aromatic heterocycles. The van der Waals surface area contributed by atoms with Crippen molar-refractivity contribution in [3.63, 3.8) is 0 Å². The van der Waals surface area contributed by atoms with Crippen molar-refractivity contribution in [2.24, 2.45) is 10.9 Å². The molecule has 0 aliphatic heterocycles. The number of hydrogen-bond donors (Lipinski definition) is 2. The Morgan fingerprint density at radius 2 is 1.92 bits per heavy atom. The number of nitrogens with two attached hydrogens (primary N) is 2. The van der Waals surface area contributed by atoms with Gasteiger partial charge in [-0.3, -0.25) is 5.73 Å². The number of rotatable bonds is 3. The molecule has 0 fully saturated rings. The molecule has 1 rings (SSSR count). The third-order valence-corrected chi connectivity index (χ3v) is 2.34. The van der Waals surface area contributed by atoms with Gasteiger partial charge in [-0.05, 0) is 12.1 Å². The van der Waals surface area contributed by atoms with E-state index >= 15 is 0 Å². The lowest BCUT2D eigenvalue weighted by Gasteiger charge is -2.06. The summed E-state index contributed by atoms with van der Waals surface area (Å²) >= 11 is 0. The maximum Gasteiger partial charge on any atom is 0.241 e. The number of primary sulfonamides is 1. The van der Waals surface area contributed by atoms with Crippen molar-refractivity contribution in [2.75, 3.05) is 6.73 Å². The van der Waals surface area contributed by atoms with E-state index < -0.39 is 10.0 Å². The maximum absolute atomic E-state index is 11.0. The van der Waals surface area contributed by atoms with Crippen LogP contribution in [0.15, 0.2) is 29.2 Å². The minimum Gasteiger partial charge on any atom is -0.477 e. The summed E-state index contributed by atoms with van der Waals surface area (Å²) in [5.41, 5.74) is 5.11. The molecule has 0 spiro atoms. The maximum atomic E-state index is 11.0. The van der Waals surface area contributed by atoms with Crippen LogP contribution in [-0.2, 0) is 10.0 Å². The van der Waals surface area contributed by atoms with E-state index in [1.54, 1.807) is 12.1 Å². The van der Waals surface area contributed by atoms with E-state index in [1.807, 2.05) is 0 Å². The zero-order chi connectivity index (χ0) is 9.90. The van der Waals surface area contributed by atoms with E-state index in [9.17, 15) is 8.42 Å². The molecule has 0 atom stereocenters. The lowest BCUT2D eigenvalue weighted by molar-refractivity contribution is 0.321. The smallest absolute Gasteiger partial charge is 0.241 e. The van der Waals surface area contributed by atoms with Gasteiger partial charge in [0.05, 0.1) is 0 Å². The van der Waals surface area contributed by atoms with E-state index in [1.165, 1.54) is 12.1 Å². The number of benzene rings is 1. The Kier molecular flexibility index (Phi) is 2.86. The van der Waals surface area contributed by atoms with Gasteiger partial charge in [-0.25, -0.2) is 13.6 Å². The van der Waals surface area contributed by atoms with Crippen LogP contribution in [-0.4, -0.2) is 15.1 Å². The fourth-order valence-corrected chi connectivity index (χ4v) is 1.57. The average Bonchev–Trinajstić information content (AvgIpc) is 2.04. The van der Waals surface area contributed by atoms with Crippen LogP contribution in [0.3, 0.4) is 0 Å². The molecular formula is C7H10N2O3S. The van der Waals surface area contributed by atoms with Crippen molar-refractivity contribution in [2.45, 2.75) is 4.90 Å². The van der Waals surface area contributed by atoms with Crippen molar-refractivity contribution < 1.29 is 13.2 Å². The van der Waals surface area contributed by atoms with E-state index in [0.29, 0.717) is 0 Å². The second kappa shape index (κ2) is 3.73. The van der Waals surface area contributed by atoms with Crippen molar-refractivity contribution in [1.29, 1.82) is 0 Å². The molecular weight excluding hydrogens is 192 g/mol. The lowest BCUT2D eigenvalue weighted by atomic mass is 10.3. The van der Waals surface area contributed by atoms with Crippen LogP contribution in [0.25, 0.3) is 0 Å². The number of ether oxygens (including phenoxy) is 1. The third-order valence-electron chi connectivity index (χ3n) is 1.39. The minimum absolute atomic E-state index is 0.0551. The second-order valence-electron chi connectivity index (χ2n) is 2.30. The molecule has 0 radical (unpaired) electrons. The molecule has 5 nitrogen and oxygen atoms in total. The summed E-state index contributed by atoms with van der Waals surface area (Å²) in [6.07, 6.45) is 0. The topological polar surface area (TPSA) is 95.4 Å². The zero-order valence-corrected chi connectivity index (χ0v) is 7.62. The molecule has 0 heterocycles. The molecule has 4 N–H and O–H groups in total. The summed E-state index contributed by atoms with van der Waals surface area (Å²) in [5, 5.41) is 4.94. The van der Waals surface area contributed by atoms with Crippen molar-refractivity contribution in [3.8, 4) is 5.75 Å². The summed E-state index contributed by atoms with van der Waals surface area (Å²) in [6, 6.07) is 6.05. The number of para-hydroxylation sites is 1. The highest BCUT2D eigenvalue weighted by atomic mass is 32.2. The molecule has 6 heteroatoms. The van der Waals surface area contributed by atoms with Crippen LogP contribution in [0, 0.1) is 0 Å². The van der Waals surface area contributed by atoms with E-state index in [4.69, 9.17) is 15.6 Å². The van der Waals surface area contributed by atoms with Gasteiger partial charge in [0.15, 0.2) is 0 Å². The van der Waals surface area contributed by atoms with Gasteiger partial charge >= 0.3 is 0 Å². The van der Waals surface area contributed by atoms with Crippen molar-refractivity contribution in [3.05, 3.63) is 24.3 Å². The average molecular weight is 202 g/mol. The van der Waals surface area contributed by atoms with Crippen LogP contribution in [0.2, 0.25) is 0 Å². The van der Waals surface area contributed by atoms with Crippen LogP contribution >= 0.6 is 0 Å². The van der Waals surface area contributed by atoms with Crippen LogP contribution in [0.4, 0.5) is 0 Å². The zero-order valence-electron chi connectivity index (χ0n) is 6.80. The predicted molar refractivity (Wildman–Crippen MR) is 47.5 cm³/mol. The number of hydrogen-bond acceptors (Lipinski definition) is 4. The molecule has 0 bridgehead atoms. The largest absolute Gasteiger partial charge is 0.477 e. The first-order chi connectivity index (χ1) is 6.05. The quantitative estimate of drug-likeness (QED) is 0.653. The SMILES string of the molecule is NCOc1ccccc1S(N)(=O)=O. The fraction of sp³-hybridized carbons (Fsp3) is 0.143. The Balaban J connectivity index is 3.20. The van der Waals surface area contributed by atoms with Crippen molar-refractivity contribution >= 4 is 10.0 Å². The Labute approximate surface area is 76.4 Å². The highest BCUT2D eigenvalue weighted by Crippen LogP contribution is 2.21. The normalized spacial score (nSPS) is 11.2. The minimum atomic E-state index is -3.74. The first-order valence-corrected chi connectivity index (χ1v) is 5.05. The monoisotopic (exact) mass is 202 g/mol. The van der Waals surface area contributed by atoms with Crippen LogP contribution in [0.1, 0.15) is 0 Å². The summed E-state index contributed by atoms with van der Waals surface area (Å²) in [7, 11) is -3.74. The molecule has 0 aliphatic carbocycles. The first kappa shape index (κ1) is 9.97. The molecule has 0 unspecified atom stereocenters. The standard InChI is InChI=1S/C7H10N2O3S/c8-5-12-6-3-1-2-4-7(6)13(9,10)11/h1-4H,5,8H2,(H2,9,10,11). The number of sulfonamides is 1. The molecule has 0 saturated carbocycles. The van der Waals surface area contributed by atoms with Gasteiger partial charge in [0.2, 0.25) is 10.0 Å². The van der Waals surface area contributed by atoms with Gasteiger partial charge in [-0.1, -0.05) is 12.1 Å². The van der Waals surface area contributed by atoms with Crippen LogP contribution in [0.5, 0.6) is 5.75 Å². The fourth-order valence-electron chi connectivity index (χ4n) is 0.894. The Bertz CT molecular complexity index is 388. The Morgan fingerprint density at radius 3 is 2.46 bits per heavy atom. The van der Waals surface area contributed by atoms with Gasteiger partial charge in [-0.2, -0.15) is 0 Å². The summed E-state index contributed by atoms with van der Waals surface area (Å²) in [6.45, 7) is -0.0907.